The van der Waals surface area contributed by atoms with Crippen LogP contribution in [0, 0.1) is 12.7 Å². The van der Waals surface area contributed by atoms with Gasteiger partial charge in [-0.05, 0) is 54.6 Å². The molecule has 0 spiro atoms. The van der Waals surface area contributed by atoms with Gasteiger partial charge in [-0.25, -0.2) is 4.39 Å². The summed E-state index contributed by atoms with van der Waals surface area (Å²) in [4.78, 5) is 0.865. The average molecular weight is 286 g/mol. The molecule has 0 fully saturated rings. The average Bonchev–Trinajstić information content (AvgIpc) is 2.86. The minimum absolute atomic E-state index is 0.249. The lowest BCUT2D eigenvalue weighted by Crippen LogP contribution is -2.21. The van der Waals surface area contributed by atoms with Gasteiger partial charge in [-0.15, -0.1) is 11.3 Å². The van der Waals surface area contributed by atoms with E-state index in [1.165, 1.54) is 6.07 Å². The molecule has 1 aromatic heterocycles. The summed E-state index contributed by atoms with van der Waals surface area (Å²) in [6, 6.07) is 14.8. The third-order valence-corrected chi connectivity index (χ3v) is 4.95. The van der Waals surface area contributed by atoms with Crippen molar-refractivity contribution < 1.29 is 9.50 Å². The van der Waals surface area contributed by atoms with Crippen LogP contribution in [-0.4, -0.2) is 5.11 Å². The fourth-order valence-corrected chi connectivity index (χ4v) is 3.44. The summed E-state index contributed by atoms with van der Waals surface area (Å²) in [5, 5.41) is 12.0. The van der Waals surface area contributed by atoms with Crippen LogP contribution in [0.2, 0.25) is 0 Å². The van der Waals surface area contributed by atoms with Gasteiger partial charge in [0.05, 0.1) is 0 Å². The van der Waals surface area contributed by atoms with Crippen LogP contribution >= 0.6 is 11.3 Å². The maximum absolute atomic E-state index is 13.4. The lowest BCUT2D eigenvalue weighted by atomic mass is 9.92. The number of fused-ring (bicyclic) bond motifs is 1. The van der Waals surface area contributed by atoms with Gasteiger partial charge in [0, 0.05) is 9.58 Å². The van der Waals surface area contributed by atoms with E-state index in [0.29, 0.717) is 11.1 Å². The van der Waals surface area contributed by atoms with Gasteiger partial charge in [0.25, 0.3) is 0 Å². The molecule has 0 aliphatic heterocycles. The van der Waals surface area contributed by atoms with Crippen LogP contribution in [0.25, 0.3) is 10.1 Å². The molecule has 3 rings (SSSR count). The molecule has 0 saturated carbocycles. The molecule has 20 heavy (non-hydrogen) atoms. The third kappa shape index (κ3) is 2.13. The lowest BCUT2D eigenvalue weighted by molar-refractivity contribution is 0.106. The molecular weight excluding hydrogens is 271 g/mol. The Bertz CT molecular complexity index is 741. The molecule has 1 N–H and O–H groups in total. The van der Waals surface area contributed by atoms with E-state index < -0.39 is 5.60 Å². The molecule has 102 valence electrons. The summed E-state index contributed by atoms with van der Waals surface area (Å²) in [5.41, 5.74) is 0.147. The second-order valence-electron chi connectivity index (χ2n) is 5.18. The predicted octanol–water partition coefficient (Wildman–Crippen LogP) is 4.60. The number of hydrogen-bond donors (Lipinski definition) is 1. The summed E-state index contributed by atoms with van der Waals surface area (Å²) in [7, 11) is 0. The van der Waals surface area contributed by atoms with Crippen molar-refractivity contribution in [2.45, 2.75) is 19.4 Å². The van der Waals surface area contributed by atoms with Gasteiger partial charge >= 0.3 is 0 Å². The molecule has 1 nitrogen and oxygen atoms in total. The van der Waals surface area contributed by atoms with E-state index in [-0.39, 0.29) is 5.82 Å². The van der Waals surface area contributed by atoms with Gasteiger partial charge in [0.1, 0.15) is 11.4 Å². The van der Waals surface area contributed by atoms with Gasteiger partial charge in [-0.1, -0.05) is 24.3 Å². The fourth-order valence-electron chi connectivity index (χ4n) is 2.31. The fraction of sp³-hybridized carbons (Fsp3) is 0.176. The topological polar surface area (TPSA) is 20.2 Å². The SMILES string of the molecule is Cc1cc(C(C)(O)c2cc3ccccc3s2)ccc1F. The van der Waals surface area contributed by atoms with Gasteiger partial charge in [-0.2, -0.15) is 0 Å². The zero-order chi connectivity index (χ0) is 14.3. The van der Waals surface area contributed by atoms with Crippen LogP contribution < -0.4 is 0 Å². The number of halogens is 1. The zero-order valence-electron chi connectivity index (χ0n) is 11.4. The number of aliphatic hydroxyl groups is 1. The maximum Gasteiger partial charge on any atom is 0.126 e. The highest BCUT2D eigenvalue weighted by Gasteiger charge is 2.28. The number of thiophene rings is 1. The van der Waals surface area contributed by atoms with Gasteiger partial charge in [0.2, 0.25) is 0 Å². The van der Waals surface area contributed by atoms with E-state index >= 15 is 0 Å². The van der Waals surface area contributed by atoms with E-state index in [4.69, 9.17) is 0 Å². The highest BCUT2D eigenvalue weighted by Crippen LogP contribution is 2.37. The minimum Gasteiger partial charge on any atom is -0.380 e. The molecule has 1 heterocycles. The van der Waals surface area contributed by atoms with Crippen LogP contribution in [0.3, 0.4) is 0 Å². The number of aryl methyl sites for hydroxylation is 1. The standard InChI is InChI=1S/C17H15FOS/c1-11-9-13(7-8-14(11)18)17(2,19)16-10-12-5-3-4-6-15(12)20-16/h3-10,19H,1-2H3. The Labute approximate surface area is 121 Å². The van der Waals surface area contributed by atoms with Crippen LogP contribution in [0.5, 0.6) is 0 Å². The highest BCUT2D eigenvalue weighted by molar-refractivity contribution is 7.19. The summed E-state index contributed by atoms with van der Waals surface area (Å²) < 4.78 is 14.5. The molecule has 0 saturated heterocycles. The molecule has 3 heteroatoms. The normalized spacial score (nSPS) is 14.4. The van der Waals surface area contributed by atoms with Crippen molar-refractivity contribution in [2.24, 2.45) is 0 Å². The minimum atomic E-state index is -1.11. The van der Waals surface area contributed by atoms with Crippen LogP contribution in [-0.2, 0) is 5.60 Å². The Balaban J connectivity index is 2.12. The summed E-state index contributed by atoms with van der Waals surface area (Å²) in [6.45, 7) is 3.46. The van der Waals surface area contributed by atoms with Crippen LogP contribution in [0.4, 0.5) is 4.39 Å². The highest BCUT2D eigenvalue weighted by atomic mass is 32.1. The van der Waals surface area contributed by atoms with Crippen molar-refractivity contribution >= 4 is 21.4 Å². The molecule has 1 atom stereocenters. The van der Waals surface area contributed by atoms with Crippen LogP contribution in [0.1, 0.15) is 22.9 Å². The molecule has 0 bridgehead atoms. The van der Waals surface area contributed by atoms with Gasteiger partial charge in [-0.3, -0.25) is 0 Å². The first-order valence-electron chi connectivity index (χ1n) is 6.46. The first kappa shape index (κ1) is 13.3. The van der Waals surface area contributed by atoms with Crippen molar-refractivity contribution in [3.63, 3.8) is 0 Å². The molecule has 0 aliphatic carbocycles. The van der Waals surface area contributed by atoms with Crippen LogP contribution in [0.15, 0.2) is 48.5 Å². The molecule has 0 amide bonds. The number of hydrogen-bond acceptors (Lipinski definition) is 2. The van der Waals surface area contributed by atoms with E-state index in [1.807, 2.05) is 30.3 Å². The Morgan fingerprint density at radius 1 is 1.10 bits per heavy atom. The van der Waals surface area contributed by atoms with E-state index in [0.717, 1.165) is 15.0 Å². The molecule has 0 aliphatic rings. The Morgan fingerprint density at radius 2 is 1.85 bits per heavy atom. The Hall–Kier alpha value is -1.71. The van der Waals surface area contributed by atoms with Crippen molar-refractivity contribution in [3.8, 4) is 0 Å². The van der Waals surface area contributed by atoms with E-state index in [9.17, 15) is 9.50 Å². The summed E-state index contributed by atoms with van der Waals surface area (Å²) >= 11 is 1.57. The maximum atomic E-state index is 13.4. The molecule has 1 unspecified atom stereocenters. The largest absolute Gasteiger partial charge is 0.380 e. The molecule has 3 aromatic rings. The van der Waals surface area contributed by atoms with Crippen molar-refractivity contribution in [1.82, 2.24) is 0 Å². The first-order valence-corrected chi connectivity index (χ1v) is 7.28. The Morgan fingerprint density at radius 3 is 2.55 bits per heavy atom. The zero-order valence-corrected chi connectivity index (χ0v) is 12.2. The number of benzene rings is 2. The summed E-state index contributed by atoms with van der Waals surface area (Å²) in [5.74, 6) is -0.249. The summed E-state index contributed by atoms with van der Waals surface area (Å²) in [6.07, 6.45) is 0. The second kappa shape index (κ2) is 4.69. The molecule has 2 aromatic carbocycles. The quantitative estimate of drug-likeness (QED) is 0.729. The first-order chi connectivity index (χ1) is 9.48. The monoisotopic (exact) mass is 286 g/mol. The van der Waals surface area contributed by atoms with E-state index in [2.05, 4.69) is 0 Å². The predicted molar refractivity (Wildman–Crippen MR) is 81.6 cm³/mol. The van der Waals surface area contributed by atoms with E-state index in [1.54, 1.807) is 37.3 Å². The molecular formula is C17H15FOS. The van der Waals surface area contributed by atoms with Gasteiger partial charge in [0.15, 0.2) is 0 Å². The Kier molecular flexibility index (Phi) is 3.11. The van der Waals surface area contributed by atoms with Gasteiger partial charge < -0.3 is 5.11 Å². The van der Waals surface area contributed by atoms with Crippen molar-refractivity contribution in [3.05, 3.63) is 70.4 Å². The third-order valence-electron chi connectivity index (χ3n) is 3.63. The molecule has 0 radical (unpaired) electrons. The lowest BCUT2D eigenvalue weighted by Gasteiger charge is -2.23. The smallest absolute Gasteiger partial charge is 0.126 e. The van der Waals surface area contributed by atoms with Crippen molar-refractivity contribution in [1.29, 1.82) is 0 Å². The van der Waals surface area contributed by atoms with Crippen molar-refractivity contribution in [2.75, 3.05) is 0 Å². The second-order valence-corrected chi connectivity index (χ2v) is 6.27. The number of rotatable bonds is 2.